The van der Waals surface area contributed by atoms with Crippen molar-refractivity contribution in [1.82, 2.24) is 9.97 Å². The van der Waals surface area contributed by atoms with Gasteiger partial charge in [0.05, 0.1) is 16.7 Å². The van der Waals surface area contributed by atoms with Crippen molar-refractivity contribution in [2.75, 3.05) is 0 Å². The van der Waals surface area contributed by atoms with E-state index in [2.05, 4.69) is 66.7 Å². The Morgan fingerprint density at radius 1 is 0.524 bits per heavy atom. The Morgan fingerprint density at radius 2 is 1.21 bits per heavy atom. The summed E-state index contributed by atoms with van der Waals surface area (Å²) >= 11 is 0. The molecule has 0 aliphatic heterocycles. The van der Waals surface area contributed by atoms with Gasteiger partial charge in [0.25, 0.3) is 0 Å². The van der Waals surface area contributed by atoms with E-state index in [1.54, 1.807) is 0 Å². The Labute approximate surface area is 243 Å². The zero-order chi connectivity index (χ0) is 28.0. The van der Waals surface area contributed by atoms with Gasteiger partial charge in [-0.15, -0.1) is 0 Å². The summed E-state index contributed by atoms with van der Waals surface area (Å²) in [6.45, 7) is 0. The first-order valence-corrected chi connectivity index (χ1v) is 15.5. The van der Waals surface area contributed by atoms with Gasteiger partial charge < -0.3 is 4.57 Å². The zero-order valence-electron chi connectivity index (χ0n) is 22.7. The highest BCUT2D eigenvalue weighted by Gasteiger charge is 2.18. The molecule has 0 fully saturated rings. The number of nitrogens with zero attached hydrogens (tertiary/aromatic N) is 2. The Bertz CT molecular complexity index is 2320. The Balaban J connectivity index is 1.42. The molecule has 0 radical (unpaired) electrons. The first kappa shape index (κ1) is 24.7. The number of hydrogen-bond acceptors (Lipinski definition) is 3. The molecule has 0 saturated carbocycles. The van der Waals surface area contributed by atoms with E-state index in [0.29, 0.717) is 0 Å². The molecule has 8 rings (SSSR count). The first-order valence-electron chi connectivity index (χ1n) is 14.0. The molecule has 1 atom stereocenters. The van der Waals surface area contributed by atoms with E-state index < -0.39 is 7.80 Å². The topological polar surface area (TPSA) is 42.9 Å². The third-order valence-electron chi connectivity index (χ3n) is 8.08. The minimum atomic E-state index is -2.32. The highest BCUT2D eigenvalue weighted by atomic mass is 31.1. The van der Waals surface area contributed by atoms with Crippen molar-refractivity contribution < 1.29 is 4.57 Å². The van der Waals surface area contributed by atoms with Gasteiger partial charge in [-0.25, -0.2) is 4.98 Å². The summed E-state index contributed by atoms with van der Waals surface area (Å²) in [7, 11) is -2.32. The van der Waals surface area contributed by atoms with Crippen LogP contribution in [0.3, 0.4) is 0 Å². The van der Waals surface area contributed by atoms with Crippen LogP contribution in [0.4, 0.5) is 0 Å². The van der Waals surface area contributed by atoms with E-state index in [1.165, 1.54) is 0 Å². The minimum absolute atomic E-state index is 0.796. The van der Waals surface area contributed by atoms with E-state index in [4.69, 9.17) is 9.97 Å². The Kier molecular flexibility index (Phi) is 5.91. The van der Waals surface area contributed by atoms with Crippen LogP contribution < -0.4 is 10.6 Å². The fourth-order valence-electron chi connectivity index (χ4n) is 6.10. The van der Waals surface area contributed by atoms with Crippen LogP contribution in [0.2, 0.25) is 0 Å². The second-order valence-electron chi connectivity index (χ2n) is 10.5. The normalized spacial score (nSPS) is 12.3. The van der Waals surface area contributed by atoms with Gasteiger partial charge in [-0.05, 0) is 34.7 Å². The molecular weight excluding hydrogens is 531 g/mol. The summed E-state index contributed by atoms with van der Waals surface area (Å²) < 4.78 is 14.2. The van der Waals surface area contributed by atoms with Gasteiger partial charge in [0.2, 0.25) is 0 Å². The molecule has 4 heteroatoms. The predicted octanol–water partition coefficient (Wildman–Crippen LogP) is 8.93. The standard InChI is InChI=1S/C38H25N2OP/c41-42(35-18-10-9-16-29(35)25-11-3-1-4-12-25)28-19-20-31-34(23-28)40-38(26-13-5-2-6-14-26)32-21-22-33-37(36(31)32)30-17-8-7-15-27(30)24-39-33/h1-24,42H. The molecular formula is C38H25N2OP. The van der Waals surface area contributed by atoms with E-state index in [-0.39, 0.29) is 0 Å². The molecule has 8 aromatic rings. The molecule has 42 heavy (non-hydrogen) atoms. The molecule has 1 unspecified atom stereocenters. The summed E-state index contributed by atoms with van der Waals surface area (Å²) in [5.74, 6) is 0. The molecule has 6 aromatic carbocycles. The van der Waals surface area contributed by atoms with E-state index in [1.807, 2.05) is 79.0 Å². The molecule has 0 aliphatic carbocycles. The van der Waals surface area contributed by atoms with Crippen LogP contribution in [0, 0.1) is 0 Å². The van der Waals surface area contributed by atoms with Crippen molar-refractivity contribution in [3.05, 3.63) is 146 Å². The molecule has 198 valence electrons. The van der Waals surface area contributed by atoms with Gasteiger partial charge in [0, 0.05) is 49.3 Å². The highest BCUT2D eigenvalue weighted by molar-refractivity contribution is 7.61. The number of hydrogen-bond donors (Lipinski definition) is 0. The summed E-state index contributed by atoms with van der Waals surface area (Å²) in [4.78, 5) is 10.1. The third-order valence-corrected chi connectivity index (χ3v) is 9.84. The lowest BCUT2D eigenvalue weighted by atomic mass is 9.94. The molecule has 0 amide bonds. The van der Waals surface area contributed by atoms with Gasteiger partial charge in [0.15, 0.2) is 0 Å². The molecule has 0 bridgehead atoms. The molecule has 2 aromatic heterocycles. The maximum Gasteiger partial charge on any atom is 0.132 e. The summed E-state index contributed by atoms with van der Waals surface area (Å²) in [5, 5.41) is 8.26. The quantitative estimate of drug-likeness (QED) is 0.161. The van der Waals surface area contributed by atoms with E-state index in [0.717, 1.165) is 76.3 Å². The fourth-order valence-corrected chi connectivity index (χ4v) is 7.64. The monoisotopic (exact) mass is 556 g/mol. The SMILES string of the molecule is O=[PH](c1ccc2c(c1)nc(-c1ccccc1)c1ccc3ncc4ccccc4c3c12)c1ccccc1-c1ccccc1. The van der Waals surface area contributed by atoms with Crippen molar-refractivity contribution >= 4 is 61.8 Å². The van der Waals surface area contributed by atoms with Gasteiger partial charge >= 0.3 is 0 Å². The van der Waals surface area contributed by atoms with Crippen molar-refractivity contribution in [2.45, 2.75) is 0 Å². The lowest BCUT2D eigenvalue weighted by Gasteiger charge is -2.15. The van der Waals surface area contributed by atoms with Crippen LogP contribution in [0.15, 0.2) is 146 Å². The second-order valence-corrected chi connectivity index (χ2v) is 12.3. The first-order chi connectivity index (χ1) is 20.8. The van der Waals surface area contributed by atoms with Crippen LogP contribution >= 0.6 is 7.80 Å². The van der Waals surface area contributed by atoms with Crippen molar-refractivity contribution in [3.63, 3.8) is 0 Å². The van der Waals surface area contributed by atoms with Crippen molar-refractivity contribution in [1.29, 1.82) is 0 Å². The van der Waals surface area contributed by atoms with Gasteiger partial charge in [-0.2, -0.15) is 0 Å². The summed E-state index contributed by atoms with van der Waals surface area (Å²) in [6, 6.07) is 47.3. The number of aromatic nitrogens is 2. The van der Waals surface area contributed by atoms with Gasteiger partial charge in [0.1, 0.15) is 7.80 Å². The van der Waals surface area contributed by atoms with E-state index in [9.17, 15) is 4.57 Å². The van der Waals surface area contributed by atoms with Crippen molar-refractivity contribution in [3.8, 4) is 22.4 Å². The van der Waals surface area contributed by atoms with Crippen molar-refractivity contribution in [2.24, 2.45) is 0 Å². The van der Waals surface area contributed by atoms with Gasteiger partial charge in [-0.1, -0.05) is 121 Å². The summed E-state index contributed by atoms with van der Waals surface area (Å²) in [5.41, 5.74) is 5.80. The number of rotatable bonds is 4. The van der Waals surface area contributed by atoms with Gasteiger partial charge in [-0.3, -0.25) is 4.98 Å². The summed E-state index contributed by atoms with van der Waals surface area (Å²) in [6.07, 6.45) is 1.94. The predicted molar refractivity (Wildman–Crippen MR) is 178 cm³/mol. The largest absolute Gasteiger partial charge is 0.317 e. The average molecular weight is 557 g/mol. The zero-order valence-corrected chi connectivity index (χ0v) is 23.7. The number of fused-ring (bicyclic) bond motifs is 7. The highest BCUT2D eigenvalue weighted by Crippen LogP contribution is 2.39. The second kappa shape index (κ2) is 10.1. The molecule has 0 spiro atoms. The average Bonchev–Trinajstić information content (AvgIpc) is 3.07. The fraction of sp³-hybridized carbons (Fsp3) is 0. The maximum atomic E-state index is 14.2. The Hall–Kier alpha value is -5.11. The van der Waals surface area contributed by atoms with Crippen LogP contribution in [-0.2, 0) is 4.57 Å². The van der Waals surface area contributed by atoms with Crippen LogP contribution in [-0.4, -0.2) is 9.97 Å². The lowest BCUT2D eigenvalue weighted by Crippen LogP contribution is -2.09. The Morgan fingerprint density at radius 3 is 2.05 bits per heavy atom. The molecule has 3 nitrogen and oxygen atoms in total. The molecule has 0 aliphatic rings. The molecule has 2 heterocycles. The van der Waals surface area contributed by atoms with Crippen LogP contribution in [0.1, 0.15) is 0 Å². The maximum absolute atomic E-state index is 14.2. The molecule has 0 N–H and O–H groups in total. The lowest BCUT2D eigenvalue weighted by molar-refractivity contribution is 0.598. The minimum Gasteiger partial charge on any atom is -0.317 e. The number of pyridine rings is 2. The number of benzene rings is 6. The van der Waals surface area contributed by atoms with Crippen LogP contribution in [0.25, 0.3) is 65.7 Å². The smallest absolute Gasteiger partial charge is 0.132 e. The molecule has 0 saturated heterocycles. The van der Waals surface area contributed by atoms with E-state index >= 15 is 0 Å². The van der Waals surface area contributed by atoms with Crippen LogP contribution in [0.5, 0.6) is 0 Å². The third kappa shape index (κ3) is 4.02.